The topological polar surface area (TPSA) is 30.7 Å². The summed E-state index contributed by atoms with van der Waals surface area (Å²) in [5.41, 5.74) is 2.58. The van der Waals surface area contributed by atoms with Crippen LogP contribution in [0.15, 0.2) is 12.3 Å². The Hall–Kier alpha value is -1.12. The maximum Gasteiger partial charge on any atom is 0.0887 e. The number of hydrogen-bond acceptors (Lipinski definition) is 2. The quantitative estimate of drug-likeness (QED) is 0.637. The maximum absolute atomic E-state index is 4.35. The van der Waals surface area contributed by atoms with Crippen molar-refractivity contribution in [3.05, 3.63) is 18.0 Å². The van der Waals surface area contributed by atoms with Crippen LogP contribution in [0.25, 0.3) is 5.70 Å². The molecule has 1 heterocycles. The van der Waals surface area contributed by atoms with Crippen molar-refractivity contribution in [1.29, 1.82) is 0 Å². The molecule has 130 valence electrons. The summed E-state index contributed by atoms with van der Waals surface area (Å²) in [5, 5.41) is 8.55. The molecule has 0 aromatic carbocycles. The summed E-state index contributed by atoms with van der Waals surface area (Å²) in [7, 11) is 0. The molecule has 0 aliphatic heterocycles. The number of nitrogens with zero attached hydrogens (tertiary/aromatic N) is 3. The lowest BCUT2D eigenvalue weighted by Gasteiger charge is -2.32. The van der Waals surface area contributed by atoms with E-state index in [0.717, 1.165) is 17.8 Å². The second-order valence-electron chi connectivity index (χ2n) is 6.56. The van der Waals surface area contributed by atoms with Gasteiger partial charge < -0.3 is 0 Å². The van der Waals surface area contributed by atoms with Gasteiger partial charge in [-0.2, -0.15) is 0 Å². The van der Waals surface area contributed by atoms with Crippen LogP contribution in [0.4, 0.5) is 0 Å². The Kier molecular flexibility index (Phi) is 11.1. The van der Waals surface area contributed by atoms with Crippen LogP contribution in [0.1, 0.15) is 94.7 Å². The average molecular weight is 310 g/mol. The summed E-state index contributed by atoms with van der Waals surface area (Å²) in [4.78, 5) is 0. The van der Waals surface area contributed by atoms with Crippen molar-refractivity contribution >= 4 is 5.70 Å². The van der Waals surface area contributed by atoms with Gasteiger partial charge in [0.15, 0.2) is 0 Å². The van der Waals surface area contributed by atoms with Crippen LogP contribution in [0, 0.1) is 5.41 Å². The molecule has 1 aromatic rings. The Bertz CT molecular complexity index is 426. The lowest BCUT2D eigenvalue weighted by molar-refractivity contribution is 0.245. The molecule has 0 saturated carbocycles. The molecular weight excluding hydrogens is 270 g/mol. The molecule has 0 bridgehead atoms. The molecule has 0 spiro atoms. The predicted molar refractivity (Wildman–Crippen MR) is 100 cm³/mol. The van der Waals surface area contributed by atoms with Crippen LogP contribution < -0.4 is 0 Å². The van der Waals surface area contributed by atoms with Gasteiger partial charge in [-0.05, 0) is 25.7 Å². The number of rotatable bonds is 5. The molecule has 3 nitrogen and oxygen atoms in total. The highest BCUT2D eigenvalue weighted by Gasteiger charge is 2.31. The fourth-order valence-electron chi connectivity index (χ4n) is 2.29. The van der Waals surface area contributed by atoms with Gasteiger partial charge in [-0.15, -0.1) is 5.10 Å². The minimum absolute atomic E-state index is 0.0613. The number of hydrogen-bond donors (Lipinski definition) is 0. The first kappa shape index (κ1) is 23.2. The van der Waals surface area contributed by atoms with Crippen molar-refractivity contribution in [1.82, 2.24) is 15.0 Å². The van der Waals surface area contributed by atoms with E-state index in [1.165, 1.54) is 6.42 Å². The summed E-state index contributed by atoms with van der Waals surface area (Å²) >= 11 is 0. The van der Waals surface area contributed by atoms with Gasteiger partial charge in [-0.25, -0.2) is 4.68 Å². The molecule has 0 unspecified atom stereocenters. The van der Waals surface area contributed by atoms with Gasteiger partial charge in [0.1, 0.15) is 0 Å². The Labute approximate surface area is 139 Å². The lowest BCUT2D eigenvalue weighted by Crippen LogP contribution is -2.26. The number of allylic oxidation sites excluding steroid dienone is 2. The molecule has 1 rings (SSSR count). The van der Waals surface area contributed by atoms with Gasteiger partial charge in [0.25, 0.3) is 0 Å². The minimum atomic E-state index is 0.0613. The van der Waals surface area contributed by atoms with Crippen molar-refractivity contribution in [2.75, 3.05) is 0 Å². The van der Waals surface area contributed by atoms with Gasteiger partial charge in [0.2, 0.25) is 0 Å². The van der Waals surface area contributed by atoms with E-state index in [9.17, 15) is 0 Å². The highest BCUT2D eigenvalue weighted by molar-refractivity contribution is 5.39. The van der Waals surface area contributed by atoms with E-state index in [2.05, 4.69) is 51.1 Å². The van der Waals surface area contributed by atoms with Crippen LogP contribution in [0.2, 0.25) is 0 Å². The van der Waals surface area contributed by atoms with Gasteiger partial charge >= 0.3 is 0 Å². The fourth-order valence-corrected chi connectivity index (χ4v) is 2.29. The first-order chi connectivity index (χ1) is 10.2. The highest BCUT2D eigenvalue weighted by Crippen LogP contribution is 2.37. The predicted octanol–water partition coefficient (Wildman–Crippen LogP) is 6.32. The summed E-state index contributed by atoms with van der Waals surface area (Å²) in [6.07, 6.45) is 6.39. The monoisotopic (exact) mass is 309 g/mol. The molecular formula is C19H39N3. The van der Waals surface area contributed by atoms with E-state index < -0.39 is 0 Å². The highest BCUT2D eigenvalue weighted by atomic mass is 15.4. The largest absolute Gasteiger partial charge is 0.225 e. The third-order valence-corrected chi connectivity index (χ3v) is 3.84. The second-order valence-corrected chi connectivity index (χ2v) is 6.56. The van der Waals surface area contributed by atoms with Crippen LogP contribution >= 0.6 is 0 Å². The first-order valence-electron chi connectivity index (χ1n) is 8.78. The van der Waals surface area contributed by atoms with E-state index >= 15 is 0 Å². The van der Waals surface area contributed by atoms with Crippen LogP contribution in [0.5, 0.6) is 0 Å². The van der Waals surface area contributed by atoms with Crippen molar-refractivity contribution in [2.24, 2.45) is 5.41 Å². The minimum Gasteiger partial charge on any atom is -0.225 e. The molecule has 0 N–H and O–H groups in total. The smallest absolute Gasteiger partial charge is 0.0887 e. The molecule has 0 amide bonds. The zero-order valence-corrected chi connectivity index (χ0v) is 16.9. The molecule has 0 aliphatic carbocycles. The third kappa shape index (κ3) is 7.24. The van der Waals surface area contributed by atoms with Crippen LogP contribution in [-0.2, 0) is 5.41 Å². The molecule has 0 fully saturated rings. The van der Waals surface area contributed by atoms with Crippen molar-refractivity contribution in [3.63, 3.8) is 0 Å². The fraction of sp³-hybridized carbons (Fsp3) is 0.789. The van der Waals surface area contributed by atoms with E-state index in [0.29, 0.717) is 5.41 Å². The molecule has 0 aliphatic rings. The third-order valence-electron chi connectivity index (χ3n) is 3.84. The summed E-state index contributed by atoms with van der Waals surface area (Å²) < 4.78 is 1.86. The molecule has 3 heteroatoms. The zero-order chi connectivity index (χ0) is 18.0. The lowest BCUT2D eigenvalue weighted by atomic mass is 9.72. The standard InChI is InChI=1S/C15H27N3.2C2H6/c1-8-12(3)18-10-13(16-17-18)15(6,7)11-14(4,5)9-2;2*1-2/h8,10H,9,11H2,1-7H3;2*1-2H3/b12-8+;;. The van der Waals surface area contributed by atoms with E-state index in [1.54, 1.807) is 0 Å². The Morgan fingerprint density at radius 1 is 1.14 bits per heavy atom. The van der Waals surface area contributed by atoms with Gasteiger partial charge in [-0.1, -0.05) is 80.0 Å². The summed E-state index contributed by atoms with van der Waals surface area (Å²) in [6.45, 7) is 23.4. The Morgan fingerprint density at radius 2 is 1.64 bits per heavy atom. The molecule has 1 aromatic heterocycles. The Morgan fingerprint density at radius 3 is 2.05 bits per heavy atom. The Balaban J connectivity index is 0. The normalized spacial score (nSPS) is 12.0. The van der Waals surface area contributed by atoms with Gasteiger partial charge in [0.05, 0.1) is 11.9 Å². The van der Waals surface area contributed by atoms with E-state index in [-0.39, 0.29) is 5.41 Å². The number of aromatic nitrogens is 3. The van der Waals surface area contributed by atoms with Crippen molar-refractivity contribution < 1.29 is 0 Å². The molecule has 0 radical (unpaired) electrons. The second kappa shape index (κ2) is 10.6. The van der Waals surface area contributed by atoms with Gasteiger partial charge in [0, 0.05) is 11.1 Å². The summed E-state index contributed by atoms with van der Waals surface area (Å²) in [5.74, 6) is 0. The van der Waals surface area contributed by atoms with Crippen LogP contribution in [0.3, 0.4) is 0 Å². The van der Waals surface area contributed by atoms with E-state index in [4.69, 9.17) is 0 Å². The van der Waals surface area contributed by atoms with Gasteiger partial charge in [-0.3, -0.25) is 0 Å². The first-order valence-corrected chi connectivity index (χ1v) is 8.78. The molecule has 0 atom stereocenters. The van der Waals surface area contributed by atoms with E-state index in [1.807, 2.05) is 52.3 Å². The average Bonchev–Trinajstić information content (AvgIpc) is 3.00. The maximum atomic E-state index is 4.35. The SMILES string of the molecule is C/C=C(\C)n1cc(C(C)(C)CC(C)(C)CC)nn1.CC.CC. The van der Waals surface area contributed by atoms with Crippen molar-refractivity contribution in [2.45, 2.75) is 94.4 Å². The molecule has 0 saturated heterocycles. The van der Waals surface area contributed by atoms with Crippen molar-refractivity contribution in [3.8, 4) is 0 Å². The molecule has 22 heavy (non-hydrogen) atoms. The zero-order valence-electron chi connectivity index (χ0n) is 16.9. The summed E-state index contributed by atoms with van der Waals surface area (Å²) in [6, 6.07) is 0. The van der Waals surface area contributed by atoms with Crippen LogP contribution in [-0.4, -0.2) is 15.0 Å².